The van der Waals surface area contributed by atoms with Crippen LogP contribution in [0.25, 0.3) is 0 Å². The van der Waals surface area contributed by atoms with Crippen molar-refractivity contribution in [2.45, 2.75) is 18.5 Å². The quantitative estimate of drug-likeness (QED) is 0.703. The lowest BCUT2D eigenvalue weighted by atomic mass is 10.2. The van der Waals surface area contributed by atoms with Gasteiger partial charge in [0.15, 0.2) is 0 Å². The number of likely N-dealkylation sites (tertiary alicyclic amines) is 1. The second-order valence-electron chi connectivity index (χ2n) is 2.93. The summed E-state index contributed by atoms with van der Waals surface area (Å²) in [5.41, 5.74) is 0. The van der Waals surface area contributed by atoms with Crippen molar-refractivity contribution in [3.05, 3.63) is 0 Å². The van der Waals surface area contributed by atoms with E-state index in [9.17, 15) is 0 Å². The summed E-state index contributed by atoms with van der Waals surface area (Å²) in [5.74, 6) is 0. The predicted octanol–water partition coefficient (Wildman–Crippen LogP) is 0.818. The van der Waals surface area contributed by atoms with Crippen molar-refractivity contribution in [1.82, 2.24) is 10.2 Å². The highest BCUT2D eigenvalue weighted by Gasteiger charge is 2.34. The minimum Gasteiger partial charge on any atom is -0.311 e. The number of likely N-dealkylation sites (N-methyl/N-ethyl adjacent to an activating group) is 1. The Balaban J connectivity index is 0.000000405. The highest BCUT2D eigenvalue weighted by Crippen LogP contribution is 2.20. The van der Waals surface area contributed by atoms with Gasteiger partial charge in [-0.05, 0) is 13.5 Å². The molecule has 0 aromatic heterocycles. The SMILES string of the molecule is Br.Br.CN1CC2CC1CN2. The molecule has 0 aromatic carbocycles. The molecule has 2 fully saturated rings. The highest BCUT2D eigenvalue weighted by molar-refractivity contribution is 8.93. The molecule has 2 atom stereocenters. The van der Waals surface area contributed by atoms with Gasteiger partial charge in [0.1, 0.15) is 0 Å². The summed E-state index contributed by atoms with van der Waals surface area (Å²) in [4.78, 5) is 2.45. The van der Waals surface area contributed by atoms with E-state index >= 15 is 0 Å². The van der Waals surface area contributed by atoms with Crippen molar-refractivity contribution in [3.8, 4) is 0 Å². The summed E-state index contributed by atoms with van der Waals surface area (Å²) >= 11 is 0. The van der Waals surface area contributed by atoms with Gasteiger partial charge in [-0.1, -0.05) is 0 Å². The lowest BCUT2D eigenvalue weighted by Crippen LogP contribution is -2.41. The molecule has 0 saturated carbocycles. The van der Waals surface area contributed by atoms with Crippen LogP contribution in [-0.2, 0) is 0 Å². The molecule has 2 nitrogen and oxygen atoms in total. The number of nitrogens with zero attached hydrogens (tertiary/aromatic N) is 1. The van der Waals surface area contributed by atoms with Crippen LogP contribution in [0.2, 0.25) is 0 Å². The molecular weight excluding hydrogens is 260 g/mol. The van der Waals surface area contributed by atoms with Crippen LogP contribution < -0.4 is 5.32 Å². The van der Waals surface area contributed by atoms with Crippen molar-refractivity contribution in [2.75, 3.05) is 20.1 Å². The normalized spacial score (nSPS) is 36.9. The topological polar surface area (TPSA) is 15.3 Å². The fourth-order valence-corrected chi connectivity index (χ4v) is 1.77. The molecule has 0 spiro atoms. The molecule has 0 aliphatic carbocycles. The Morgan fingerprint density at radius 1 is 1.40 bits per heavy atom. The number of nitrogens with one attached hydrogen (secondary N) is 1. The zero-order valence-corrected chi connectivity index (χ0v) is 9.47. The van der Waals surface area contributed by atoms with Gasteiger partial charge < -0.3 is 10.2 Å². The molecule has 2 aliphatic rings. The Hall–Kier alpha value is 0.880. The monoisotopic (exact) mass is 272 g/mol. The Labute approximate surface area is 82.9 Å². The average molecular weight is 274 g/mol. The van der Waals surface area contributed by atoms with E-state index in [4.69, 9.17) is 0 Å². The van der Waals surface area contributed by atoms with E-state index in [0.29, 0.717) is 0 Å². The van der Waals surface area contributed by atoms with E-state index < -0.39 is 0 Å². The van der Waals surface area contributed by atoms with Crippen LogP contribution in [0, 0.1) is 0 Å². The third-order valence-corrected chi connectivity index (χ3v) is 2.33. The van der Waals surface area contributed by atoms with Gasteiger partial charge in [0.05, 0.1) is 0 Å². The van der Waals surface area contributed by atoms with Crippen molar-refractivity contribution < 1.29 is 0 Å². The second-order valence-corrected chi connectivity index (χ2v) is 2.93. The summed E-state index contributed by atoms with van der Waals surface area (Å²) < 4.78 is 0. The molecule has 2 bridgehead atoms. The fraction of sp³-hybridized carbons (Fsp3) is 1.00. The summed E-state index contributed by atoms with van der Waals surface area (Å²) in [5, 5.41) is 3.44. The van der Waals surface area contributed by atoms with Crippen LogP contribution in [0.1, 0.15) is 6.42 Å². The van der Waals surface area contributed by atoms with Gasteiger partial charge in [-0.25, -0.2) is 0 Å². The zero-order chi connectivity index (χ0) is 5.56. The number of hydrogen-bond donors (Lipinski definition) is 1. The highest BCUT2D eigenvalue weighted by atomic mass is 79.9. The number of rotatable bonds is 0. The number of hydrogen-bond acceptors (Lipinski definition) is 2. The maximum Gasteiger partial charge on any atom is 0.0233 e. The van der Waals surface area contributed by atoms with Crippen LogP contribution in [0.5, 0.6) is 0 Å². The standard InChI is InChI=1S/C6H12N2.2BrH/c1-8-4-5-2-6(8)3-7-5;;/h5-7H,2-4H2,1H3;2*1H. The van der Waals surface area contributed by atoms with E-state index in [0.717, 1.165) is 12.1 Å². The van der Waals surface area contributed by atoms with E-state index in [2.05, 4.69) is 17.3 Å². The van der Waals surface area contributed by atoms with E-state index in [1.807, 2.05) is 0 Å². The fourth-order valence-electron chi connectivity index (χ4n) is 1.77. The third kappa shape index (κ3) is 1.72. The first-order chi connectivity index (χ1) is 3.86. The first-order valence-corrected chi connectivity index (χ1v) is 3.30. The van der Waals surface area contributed by atoms with Crippen molar-refractivity contribution >= 4 is 34.0 Å². The van der Waals surface area contributed by atoms with Gasteiger partial charge >= 0.3 is 0 Å². The molecule has 0 radical (unpaired) electrons. The molecule has 2 aliphatic heterocycles. The molecule has 4 heteroatoms. The van der Waals surface area contributed by atoms with E-state index in [1.165, 1.54) is 19.5 Å². The van der Waals surface area contributed by atoms with Crippen LogP contribution in [0.3, 0.4) is 0 Å². The van der Waals surface area contributed by atoms with Crippen molar-refractivity contribution in [1.29, 1.82) is 0 Å². The minimum absolute atomic E-state index is 0. The van der Waals surface area contributed by atoms with E-state index in [-0.39, 0.29) is 34.0 Å². The molecule has 62 valence electrons. The van der Waals surface area contributed by atoms with E-state index in [1.54, 1.807) is 0 Å². The maximum absolute atomic E-state index is 3.44. The van der Waals surface area contributed by atoms with Crippen molar-refractivity contribution in [3.63, 3.8) is 0 Å². The average Bonchev–Trinajstić information content (AvgIpc) is 2.23. The van der Waals surface area contributed by atoms with Gasteiger partial charge in [-0.15, -0.1) is 34.0 Å². The molecule has 2 heterocycles. The van der Waals surface area contributed by atoms with Gasteiger partial charge in [-0.2, -0.15) is 0 Å². The lowest BCUT2D eigenvalue weighted by molar-refractivity contribution is 0.276. The van der Waals surface area contributed by atoms with Gasteiger partial charge in [0, 0.05) is 25.2 Å². The molecular formula is C6H14Br2N2. The molecule has 2 unspecified atom stereocenters. The molecule has 2 saturated heterocycles. The second kappa shape index (κ2) is 4.04. The van der Waals surface area contributed by atoms with Gasteiger partial charge in [0.25, 0.3) is 0 Å². The third-order valence-electron chi connectivity index (χ3n) is 2.33. The molecule has 0 aromatic rings. The van der Waals surface area contributed by atoms with Crippen LogP contribution in [-0.4, -0.2) is 37.1 Å². The number of fused-ring (bicyclic) bond motifs is 2. The Morgan fingerprint density at radius 3 is 2.30 bits per heavy atom. The van der Waals surface area contributed by atoms with Gasteiger partial charge in [0.2, 0.25) is 0 Å². The maximum atomic E-state index is 3.44. The van der Waals surface area contributed by atoms with Gasteiger partial charge in [-0.3, -0.25) is 0 Å². The number of piperazine rings is 1. The summed E-state index contributed by atoms with van der Waals surface area (Å²) in [6, 6.07) is 1.69. The molecule has 1 N–H and O–H groups in total. The van der Waals surface area contributed by atoms with Crippen LogP contribution >= 0.6 is 34.0 Å². The van der Waals surface area contributed by atoms with Crippen molar-refractivity contribution in [2.24, 2.45) is 0 Å². The smallest absolute Gasteiger partial charge is 0.0233 e. The summed E-state index contributed by atoms with van der Waals surface area (Å²) in [7, 11) is 2.21. The largest absolute Gasteiger partial charge is 0.311 e. The zero-order valence-electron chi connectivity index (χ0n) is 6.04. The molecule has 0 amide bonds. The first-order valence-electron chi connectivity index (χ1n) is 3.30. The summed E-state index contributed by atoms with van der Waals surface area (Å²) in [6.07, 6.45) is 1.39. The molecule has 10 heavy (non-hydrogen) atoms. The Kier molecular flexibility index (Phi) is 4.40. The Morgan fingerprint density at radius 2 is 2.10 bits per heavy atom. The lowest BCUT2D eigenvalue weighted by Gasteiger charge is -2.21. The van der Waals surface area contributed by atoms with Crippen LogP contribution in [0.15, 0.2) is 0 Å². The Bertz CT molecular complexity index is 108. The first kappa shape index (κ1) is 10.9. The van der Waals surface area contributed by atoms with Crippen LogP contribution in [0.4, 0.5) is 0 Å². The number of halogens is 2. The molecule has 2 rings (SSSR count). The minimum atomic E-state index is 0. The summed E-state index contributed by atoms with van der Waals surface area (Å²) in [6.45, 7) is 2.49. The predicted molar refractivity (Wildman–Crippen MR) is 53.5 cm³/mol.